The van der Waals surface area contributed by atoms with E-state index in [-0.39, 0.29) is 11.2 Å². The van der Waals surface area contributed by atoms with Gasteiger partial charge in [0.25, 0.3) is 0 Å². The van der Waals surface area contributed by atoms with Crippen LogP contribution in [0.15, 0.2) is 76.6 Å². The van der Waals surface area contributed by atoms with Gasteiger partial charge in [0.1, 0.15) is 22.3 Å². The molecule has 0 unspecified atom stereocenters. The van der Waals surface area contributed by atoms with E-state index >= 15 is 0 Å². The number of carbonyl (C=O) groups is 1. The van der Waals surface area contributed by atoms with Crippen LogP contribution in [-0.2, 0) is 9.53 Å². The number of rotatable bonds is 6. The zero-order valence-corrected chi connectivity index (χ0v) is 19.0. The summed E-state index contributed by atoms with van der Waals surface area (Å²) in [5, 5.41) is 1.31. The monoisotopic (exact) mass is 481 g/mol. The predicted octanol–water partition coefficient (Wildman–Crippen LogP) is 5.89. The second kappa shape index (κ2) is 9.02. The van der Waals surface area contributed by atoms with Gasteiger partial charge in [-0.2, -0.15) is 0 Å². The molecule has 5 nitrogen and oxygen atoms in total. The highest BCUT2D eigenvalue weighted by Crippen LogP contribution is 2.38. The van der Waals surface area contributed by atoms with E-state index in [0.717, 1.165) is 37.3 Å². The second-order valence-electron chi connectivity index (χ2n) is 6.64. The Labute approximate surface area is 187 Å². The lowest BCUT2D eigenvalue weighted by Crippen LogP contribution is -2.16. The largest absolute Gasteiger partial charge is 0.465 e. The Morgan fingerprint density at radius 3 is 2.57 bits per heavy atom. The van der Waals surface area contributed by atoms with E-state index in [1.54, 1.807) is 6.33 Å². The number of aromatic nitrogens is 3. The van der Waals surface area contributed by atoms with Crippen molar-refractivity contribution in [2.45, 2.75) is 24.1 Å². The molecule has 152 valence electrons. The molecule has 2 aromatic heterocycles. The van der Waals surface area contributed by atoms with Crippen molar-refractivity contribution >= 4 is 44.7 Å². The van der Waals surface area contributed by atoms with Crippen molar-refractivity contribution in [3.8, 4) is 16.8 Å². The molecule has 0 saturated carbocycles. The number of esters is 1. The van der Waals surface area contributed by atoms with Crippen LogP contribution in [0, 0.1) is 0 Å². The Morgan fingerprint density at radius 2 is 1.87 bits per heavy atom. The van der Waals surface area contributed by atoms with Crippen LogP contribution in [0.2, 0.25) is 0 Å². The summed E-state index contributed by atoms with van der Waals surface area (Å²) in [6.45, 7) is 4.01. The Balaban J connectivity index is 1.89. The normalized spacial score (nSPS) is 12.1. The smallest absolute Gasteiger partial charge is 0.319 e. The lowest BCUT2D eigenvalue weighted by atomic mass is 10.1. The molecule has 0 fully saturated rings. The molecule has 0 aliphatic rings. The SMILES string of the molecule is CCOC(=O)[C@H](C)Sc1ncnc2c1c(-c1ccccc1)cn2-c1ccc(Br)cc1. The maximum Gasteiger partial charge on any atom is 0.319 e. The molecule has 1 atom stereocenters. The van der Waals surface area contributed by atoms with E-state index in [1.165, 1.54) is 11.8 Å². The van der Waals surface area contributed by atoms with Gasteiger partial charge in [0.05, 0.1) is 12.0 Å². The van der Waals surface area contributed by atoms with Gasteiger partial charge in [0, 0.05) is 21.9 Å². The summed E-state index contributed by atoms with van der Waals surface area (Å²) in [4.78, 5) is 21.3. The molecule has 0 aliphatic heterocycles. The fourth-order valence-electron chi connectivity index (χ4n) is 3.23. The Kier molecular flexibility index (Phi) is 6.20. The maximum atomic E-state index is 12.2. The van der Waals surface area contributed by atoms with Gasteiger partial charge in [-0.05, 0) is 43.7 Å². The molecule has 0 bridgehead atoms. The van der Waals surface area contributed by atoms with Crippen LogP contribution < -0.4 is 0 Å². The minimum Gasteiger partial charge on any atom is -0.465 e. The molecule has 4 aromatic rings. The Bertz CT molecular complexity index is 1180. The minimum atomic E-state index is -0.372. The fourth-order valence-corrected chi connectivity index (χ4v) is 4.42. The highest BCUT2D eigenvalue weighted by Gasteiger charge is 2.22. The summed E-state index contributed by atoms with van der Waals surface area (Å²) in [6, 6.07) is 18.2. The molecule has 0 saturated heterocycles. The molecule has 2 aromatic carbocycles. The average molecular weight is 482 g/mol. The molecule has 4 rings (SSSR count). The van der Waals surface area contributed by atoms with Crippen LogP contribution in [0.1, 0.15) is 13.8 Å². The van der Waals surface area contributed by atoms with Crippen molar-refractivity contribution in [3.63, 3.8) is 0 Å². The number of nitrogens with zero attached hydrogens (tertiary/aromatic N) is 3. The zero-order chi connectivity index (χ0) is 21.1. The molecule has 0 spiro atoms. The number of hydrogen-bond acceptors (Lipinski definition) is 5. The number of ether oxygens (including phenoxy) is 1. The topological polar surface area (TPSA) is 57.0 Å². The zero-order valence-electron chi connectivity index (χ0n) is 16.6. The van der Waals surface area contributed by atoms with Crippen LogP contribution in [0.5, 0.6) is 0 Å². The standard InChI is InChI=1S/C23H20BrN3O2S/c1-3-29-23(28)15(2)30-22-20-19(16-7-5-4-6-8-16)13-27(21(20)25-14-26-22)18-11-9-17(24)10-12-18/h4-15H,3H2,1-2H3/t15-/m0/s1. The number of benzene rings is 2. The van der Waals surface area contributed by atoms with E-state index in [0.29, 0.717) is 6.61 Å². The van der Waals surface area contributed by atoms with Crippen molar-refractivity contribution in [1.29, 1.82) is 0 Å². The van der Waals surface area contributed by atoms with Crippen molar-refractivity contribution in [1.82, 2.24) is 14.5 Å². The molecule has 30 heavy (non-hydrogen) atoms. The maximum absolute atomic E-state index is 12.2. The first-order valence-corrected chi connectivity index (χ1v) is 11.3. The Hall–Kier alpha value is -2.64. The third-order valence-corrected chi connectivity index (χ3v) is 6.25. The third kappa shape index (κ3) is 4.13. The van der Waals surface area contributed by atoms with Crippen LogP contribution in [0.25, 0.3) is 27.8 Å². The van der Waals surface area contributed by atoms with Gasteiger partial charge in [-0.1, -0.05) is 58.0 Å². The van der Waals surface area contributed by atoms with Gasteiger partial charge in [0.15, 0.2) is 0 Å². The number of thioether (sulfide) groups is 1. The van der Waals surface area contributed by atoms with E-state index in [4.69, 9.17) is 4.74 Å². The van der Waals surface area contributed by atoms with Crippen LogP contribution in [0.3, 0.4) is 0 Å². The Morgan fingerprint density at radius 1 is 1.13 bits per heavy atom. The summed E-state index contributed by atoms with van der Waals surface area (Å²) in [6.07, 6.45) is 3.63. The summed E-state index contributed by atoms with van der Waals surface area (Å²) < 4.78 is 8.25. The molecule has 0 N–H and O–H groups in total. The van der Waals surface area contributed by atoms with E-state index in [2.05, 4.69) is 48.8 Å². The quantitative estimate of drug-likeness (QED) is 0.195. The summed E-state index contributed by atoms with van der Waals surface area (Å²) in [7, 11) is 0. The predicted molar refractivity (Wildman–Crippen MR) is 124 cm³/mol. The molecular formula is C23H20BrN3O2S. The first-order chi connectivity index (χ1) is 14.6. The lowest BCUT2D eigenvalue weighted by molar-refractivity contribution is -0.142. The van der Waals surface area contributed by atoms with Gasteiger partial charge in [-0.15, -0.1) is 0 Å². The van der Waals surface area contributed by atoms with Gasteiger partial charge >= 0.3 is 5.97 Å². The van der Waals surface area contributed by atoms with Crippen LogP contribution in [-0.4, -0.2) is 32.4 Å². The molecule has 0 radical (unpaired) electrons. The molecule has 7 heteroatoms. The number of hydrogen-bond donors (Lipinski definition) is 0. The van der Waals surface area contributed by atoms with Crippen molar-refractivity contribution in [2.75, 3.05) is 6.61 Å². The molecular weight excluding hydrogens is 462 g/mol. The van der Waals surface area contributed by atoms with Crippen molar-refractivity contribution < 1.29 is 9.53 Å². The van der Waals surface area contributed by atoms with Gasteiger partial charge in [-0.3, -0.25) is 4.79 Å². The summed E-state index contributed by atoms with van der Waals surface area (Å²) in [5.41, 5.74) is 3.88. The summed E-state index contributed by atoms with van der Waals surface area (Å²) in [5.74, 6) is -0.247. The van der Waals surface area contributed by atoms with Gasteiger partial charge in [0.2, 0.25) is 0 Å². The van der Waals surface area contributed by atoms with Gasteiger partial charge < -0.3 is 9.30 Å². The fraction of sp³-hybridized carbons (Fsp3) is 0.174. The van der Waals surface area contributed by atoms with Crippen molar-refractivity contribution in [3.05, 3.63) is 71.6 Å². The first-order valence-electron chi connectivity index (χ1n) is 9.59. The van der Waals surface area contributed by atoms with E-state index in [9.17, 15) is 4.79 Å². The van der Waals surface area contributed by atoms with Gasteiger partial charge in [-0.25, -0.2) is 9.97 Å². The molecule has 2 heterocycles. The minimum absolute atomic E-state index is 0.247. The molecule has 0 amide bonds. The highest BCUT2D eigenvalue weighted by atomic mass is 79.9. The highest BCUT2D eigenvalue weighted by molar-refractivity contribution is 9.10. The van der Waals surface area contributed by atoms with Crippen LogP contribution in [0.4, 0.5) is 0 Å². The van der Waals surface area contributed by atoms with Crippen LogP contribution >= 0.6 is 27.7 Å². The second-order valence-corrected chi connectivity index (χ2v) is 8.89. The molecule has 0 aliphatic carbocycles. The van der Waals surface area contributed by atoms with E-state index < -0.39 is 0 Å². The number of carbonyl (C=O) groups excluding carboxylic acids is 1. The summed E-state index contributed by atoms with van der Waals surface area (Å²) >= 11 is 4.89. The lowest BCUT2D eigenvalue weighted by Gasteiger charge is -2.11. The average Bonchev–Trinajstić information content (AvgIpc) is 3.16. The number of fused-ring (bicyclic) bond motifs is 1. The number of halogens is 1. The van der Waals surface area contributed by atoms with E-state index in [1.807, 2.05) is 56.3 Å². The third-order valence-electron chi connectivity index (χ3n) is 4.64. The first kappa shape index (κ1) is 20.6. The van der Waals surface area contributed by atoms with Crippen molar-refractivity contribution in [2.24, 2.45) is 0 Å².